The Morgan fingerprint density at radius 3 is 0.983 bits per heavy atom. The second-order valence-electron chi connectivity index (χ2n) is 18.0. The van der Waals surface area contributed by atoms with Crippen LogP contribution in [-0.2, 0) is 25.7 Å². The maximum absolute atomic E-state index is 2.59. The molecule has 2 nitrogen and oxygen atoms in total. The van der Waals surface area contributed by atoms with Crippen molar-refractivity contribution in [3.8, 4) is 22.3 Å². The van der Waals surface area contributed by atoms with Gasteiger partial charge in [-0.3, -0.25) is 0 Å². The molecule has 0 bridgehead atoms. The van der Waals surface area contributed by atoms with Gasteiger partial charge in [-0.1, -0.05) is 135 Å². The predicted molar refractivity (Wildman–Crippen MR) is 253 cm³/mol. The summed E-state index contributed by atoms with van der Waals surface area (Å²) in [5.74, 6) is 0. The molecule has 0 N–H and O–H groups in total. The molecular weight excluding hydrogens is 733 g/mol. The topological polar surface area (TPSA) is 6.48 Å². The first-order chi connectivity index (χ1) is 28.3. The van der Waals surface area contributed by atoms with E-state index in [0.29, 0.717) is 0 Å². The fourth-order valence-electron chi connectivity index (χ4n) is 11.2. The van der Waals surface area contributed by atoms with Crippen LogP contribution in [0.25, 0.3) is 33.0 Å². The molecule has 0 saturated carbocycles. The van der Waals surface area contributed by atoms with Crippen LogP contribution in [0.4, 0.5) is 34.1 Å². The van der Waals surface area contributed by atoms with E-state index >= 15 is 0 Å². The van der Waals surface area contributed by atoms with Gasteiger partial charge in [-0.15, -0.1) is 0 Å². The maximum Gasteiger partial charge on any atom is 0.113 e. The largest absolute Gasteiger partial charge is 0.310 e. The normalized spacial score (nSPS) is 16.2. The molecule has 4 aliphatic rings. The van der Waals surface area contributed by atoms with Crippen LogP contribution in [0.1, 0.15) is 22.3 Å². The molecular formula is C54H46N2Si2. The van der Waals surface area contributed by atoms with Crippen molar-refractivity contribution in [3.63, 3.8) is 0 Å². The van der Waals surface area contributed by atoms with E-state index in [2.05, 4.69) is 194 Å². The number of rotatable bonds is 2. The monoisotopic (exact) mass is 778 g/mol. The summed E-state index contributed by atoms with van der Waals surface area (Å²) in [6, 6.07) is 61.0. The second kappa shape index (κ2) is 12.3. The van der Waals surface area contributed by atoms with Crippen LogP contribution in [0.15, 0.2) is 158 Å². The lowest BCUT2D eigenvalue weighted by Gasteiger charge is -2.40. The van der Waals surface area contributed by atoms with Crippen molar-refractivity contribution >= 4 is 81.8 Å². The summed E-state index contributed by atoms with van der Waals surface area (Å²) in [4.78, 5) is 5.08. The average Bonchev–Trinajstić information content (AvgIpc) is 3.53. The van der Waals surface area contributed by atoms with E-state index in [1.54, 1.807) is 10.4 Å². The third-order valence-electron chi connectivity index (χ3n) is 14.2. The fraction of sp³-hybridized carbons (Fsp3) is 0.148. The quantitative estimate of drug-likeness (QED) is 0.161. The Morgan fingerprint density at radius 2 is 0.638 bits per heavy atom. The van der Waals surface area contributed by atoms with Crippen molar-refractivity contribution in [1.29, 1.82) is 0 Å². The summed E-state index contributed by atoms with van der Waals surface area (Å²) in [5.41, 5.74) is 19.1. The van der Waals surface area contributed by atoms with Crippen molar-refractivity contribution < 1.29 is 0 Å². The molecule has 0 aromatic heterocycles. The first-order valence-electron chi connectivity index (χ1n) is 21.1. The third-order valence-corrected chi connectivity index (χ3v) is 21.3. The standard InChI is InChI=1S/C54H46N2Si2/c1-57(2)49-31-32-50-54-44(42-28-26-40(34-52(42)58(50,3)4)56-47-19-11-7-15-37(47)23-24-38-16-8-12-20-48(38)56)30-29-43(53(49)54)41-27-25-39(33-51(41)57)55-45-17-9-5-13-35(45)21-22-36-14-6-10-18-46(36)55/h5-20,25-34H,21-24H2,1-4H3. The third kappa shape index (κ3) is 4.70. The van der Waals surface area contributed by atoms with Crippen molar-refractivity contribution in [1.82, 2.24) is 0 Å². The Bertz CT molecular complexity index is 2750. The summed E-state index contributed by atoms with van der Waals surface area (Å²) in [6.45, 7) is 10.4. The van der Waals surface area contributed by atoms with Gasteiger partial charge in [0.15, 0.2) is 0 Å². The highest BCUT2D eigenvalue weighted by Gasteiger charge is 2.42. The van der Waals surface area contributed by atoms with E-state index in [1.165, 1.54) is 99.8 Å². The molecule has 0 amide bonds. The van der Waals surface area contributed by atoms with Crippen LogP contribution < -0.4 is 30.5 Å². The molecule has 0 aliphatic carbocycles. The number of nitrogens with zero attached hydrogens (tertiary/aromatic N) is 2. The van der Waals surface area contributed by atoms with Crippen molar-refractivity contribution in [2.24, 2.45) is 0 Å². The van der Waals surface area contributed by atoms with Gasteiger partial charge >= 0.3 is 0 Å². The van der Waals surface area contributed by atoms with Crippen LogP contribution in [0.2, 0.25) is 26.2 Å². The molecule has 4 heterocycles. The zero-order valence-electron chi connectivity index (χ0n) is 33.7. The molecule has 4 heteroatoms. The summed E-state index contributed by atoms with van der Waals surface area (Å²) >= 11 is 0. The van der Waals surface area contributed by atoms with E-state index in [4.69, 9.17) is 0 Å². The predicted octanol–water partition coefficient (Wildman–Crippen LogP) is 11.6. The molecule has 0 fully saturated rings. The first kappa shape index (κ1) is 34.1. The highest BCUT2D eigenvalue weighted by Crippen LogP contribution is 2.47. The number of benzene rings is 8. The number of fused-ring (bicyclic) bond motifs is 8. The summed E-state index contributed by atoms with van der Waals surface area (Å²) in [6.07, 6.45) is 4.22. The number of para-hydroxylation sites is 4. The zero-order valence-corrected chi connectivity index (χ0v) is 35.7. The molecule has 8 aromatic carbocycles. The Balaban J connectivity index is 1.03. The molecule has 0 unspecified atom stereocenters. The lowest BCUT2D eigenvalue weighted by molar-refractivity contribution is 0.977. The molecule has 58 heavy (non-hydrogen) atoms. The first-order valence-corrected chi connectivity index (χ1v) is 27.1. The number of hydrogen-bond acceptors (Lipinski definition) is 2. The van der Waals surface area contributed by atoms with E-state index < -0.39 is 16.1 Å². The van der Waals surface area contributed by atoms with Gasteiger partial charge in [0.25, 0.3) is 0 Å². The molecule has 280 valence electrons. The van der Waals surface area contributed by atoms with E-state index in [-0.39, 0.29) is 0 Å². The van der Waals surface area contributed by atoms with Gasteiger partial charge in [0.2, 0.25) is 0 Å². The number of hydrogen-bond donors (Lipinski definition) is 0. The van der Waals surface area contributed by atoms with Gasteiger partial charge in [0, 0.05) is 34.1 Å². The SMILES string of the molecule is C[Si]1(C)c2cc(N3c4ccccc4CCc4ccccc43)ccc2-c2ccc3c4c(ccc1c24)[Si](C)(C)c1cc(N2c4ccccc4CCc4ccccc42)ccc1-3. The van der Waals surface area contributed by atoms with Crippen molar-refractivity contribution in [2.75, 3.05) is 9.80 Å². The minimum Gasteiger partial charge on any atom is -0.310 e. The Morgan fingerprint density at radius 1 is 0.328 bits per heavy atom. The zero-order chi connectivity index (χ0) is 38.9. The smallest absolute Gasteiger partial charge is 0.113 e. The van der Waals surface area contributed by atoms with Crippen LogP contribution in [-0.4, -0.2) is 16.1 Å². The summed E-state index contributed by atoms with van der Waals surface area (Å²) in [7, 11) is -4.29. The van der Waals surface area contributed by atoms with E-state index in [9.17, 15) is 0 Å². The van der Waals surface area contributed by atoms with Gasteiger partial charge in [-0.05, 0) is 150 Å². The van der Waals surface area contributed by atoms with Gasteiger partial charge in [0.1, 0.15) is 16.1 Å². The van der Waals surface area contributed by atoms with Gasteiger partial charge < -0.3 is 9.80 Å². The Labute approximate surface area is 344 Å². The highest BCUT2D eigenvalue weighted by atomic mass is 28.3. The van der Waals surface area contributed by atoms with E-state index in [1.807, 2.05) is 0 Å². The second-order valence-corrected chi connectivity index (χ2v) is 26.6. The summed E-state index contributed by atoms with van der Waals surface area (Å²) in [5, 5.41) is 9.26. The molecule has 0 atom stereocenters. The highest BCUT2D eigenvalue weighted by molar-refractivity contribution is 7.05. The van der Waals surface area contributed by atoms with E-state index in [0.717, 1.165) is 25.7 Å². The molecule has 4 aliphatic heterocycles. The lowest BCUT2D eigenvalue weighted by Crippen LogP contribution is -2.59. The summed E-state index contributed by atoms with van der Waals surface area (Å²) < 4.78 is 0. The number of anilines is 6. The van der Waals surface area contributed by atoms with Gasteiger partial charge in [-0.2, -0.15) is 0 Å². The fourth-order valence-corrected chi connectivity index (χ4v) is 17.4. The van der Waals surface area contributed by atoms with Crippen molar-refractivity contribution in [2.45, 2.75) is 51.9 Å². The molecule has 0 saturated heterocycles. The van der Waals surface area contributed by atoms with Gasteiger partial charge in [0.05, 0.1) is 0 Å². The molecule has 8 aromatic rings. The number of aryl methyl sites for hydroxylation is 4. The van der Waals surface area contributed by atoms with Crippen LogP contribution in [0, 0.1) is 0 Å². The van der Waals surface area contributed by atoms with Crippen LogP contribution in [0.3, 0.4) is 0 Å². The van der Waals surface area contributed by atoms with Crippen LogP contribution in [0.5, 0.6) is 0 Å². The Hall–Kier alpha value is -5.95. The molecule has 0 radical (unpaired) electrons. The molecule has 0 spiro atoms. The Kier molecular flexibility index (Phi) is 7.23. The average molecular weight is 779 g/mol. The van der Waals surface area contributed by atoms with Crippen molar-refractivity contribution in [3.05, 3.63) is 180 Å². The maximum atomic E-state index is 2.59. The minimum absolute atomic E-state index is 1.05. The molecule has 12 rings (SSSR count). The van der Waals surface area contributed by atoms with Crippen LogP contribution >= 0.6 is 0 Å². The van der Waals surface area contributed by atoms with Gasteiger partial charge in [-0.25, -0.2) is 0 Å². The lowest BCUT2D eigenvalue weighted by atomic mass is 9.90. The minimum atomic E-state index is -2.15.